The molecule has 6 nitrogen and oxygen atoms in total. The molecule has 0 radical (unpaired) electrons. The summed E-state index contributed by atoms with van der Waals surface area (Å²) < 4.78 is 1.52. The fraction of sp³-hybridized carbons (Fsp3) is 0.111. The van der Waals surface area contributed by atoms with Crippen LogP contribution >= 0.6 is 0 Å². The number of benzene rings is 2. The lowest BCUT2D eigenvalue weighted by atomic mass is 10.1. The van der Waals surface area contributed by atoms with Crippen molar-refractivity contribution in [1.29, 1.82) is 0 Å². The third kappa shape index (κ3) is 1.49. The number of hydrogen-bond donors (Lipinski definition) is 0. The molecule has 5 rings (SSSR count). The van der Waals surface area contributed by atoms with Crippen molar-refractivity contribution in [1.82, 2.24) is 14.5 Å². The lowest BCUT2D eigenvalue weighted by Gasteiger charge is -2.19. The molecule has 116 valence electrons. The van der Waals surface area contributed by atoms with Crippen LogP contribution in [-0.4, -0.2) is 38.2 Å². The van der Waals surface area contributed by atoms with Gasteiger partial charge in [0.25, 0.3) is 17.7 Å². The van der Waals surface area contributed by atoms with E-state index in [1.807, 2.05) is 24.3 Å². The number of para-hydroxylation sites is 2. The zero-order valence-electron chi connectivity index (χ0n) is 12.5. The molecular formula is C18H11N3O3. The second kappa shape index (κ2) is 4.38. The summed E-state index contributed by atoms with van der Waals surface area (Å²) in [5.74, 6) is -0.524. The van der Waals surface area contributed by atoms with Gasteiger partial charge in [0.15, 0.2) is 0 Å². The third-order valence-electron chi connectivity index (χ3n) is 4.65. The normalized spacial score (nSPS) is 19.2. The van der Waals surface area contributed by atoms with E-state index in [-0.39, 0.29) is 12.3 Å². The van der Waals surface area contributed by atoms with Crippen LogP contribution in [0.2, 0.25) is 0 Å². The van der Waals surface area contributed by atoms with E-state index in [1.54, 1.807) is 24.3 Å². The van der Waals surface area contributed by atoms with Crippen LogP contribution < -0.4 is 0 Å². The number of aromatic nitrogens is 2. The van der Waals surface area contributed by atoms with Gasteiger partial charge >= 0.3 is 0 Å². The Labute approximate surface area is 136 Å². The Bertz CT molecular complexity index is 1030. The van der Waals surface area contributed by atoms with Crippen molar-refractivity contribution < 1.29 is 14.4 Å². The van der Waals surface area contributed by atoms with Gasteiger partial charge in [0, 0.05) is 6.42 Å². The van der Waals surface area contributed by atoms with Gasteiger partial charge in [-0.2, -0.15) is 0 Å². The minimum atomic E-state index is -0.829. The van der Waals surface area contributed by atoms with Crippen molar-refractivity contribution >= 4 is 28.8 Å². The van der Waals surface area contributed by atoms with Gasteiger partial charge in [0.2, 0.25) is 0 Å². The van der Waals surface area contributed by atoms with Gasteiger partial charge in [-0.1, -0.05) is 24.3 Å². The number of rotatable bonds is 1. The van der Waals surface area contributed by atoms with E-state index in [2.05, 4.69) is 4.98 Å². The predicted molar refractivity (Wildman–Crippen MR) is 84.8 cm³/mol. The van der Waals surface area contributed by atoms with E-state index in [0.29, 0.717) is 22.5 Å². The molecule has 0 saturated carbocycles. The van der Waals surface area contributed by atoms with E-state index < -0.39 is 17.9 Å². The molecule has 1 atom stereocenters. The highest BCUT2D eigenvalue weighted by Gasteiger charge is 2.46. The van der Waals surface area contributed by atoms with E-state index >= 15 is 0 Å². The van der Waals surface area contributed by atoms with E-state index in [4.69, 9.17) is 0 Å². The number of nitrogens with zero attached hydrogens (tertiary/aromatic N) is 3. The van der Waals surface area contributed by atoms with Crippen molar-refractivity contribution in [3.05, 3.63) is 65.5 Å². The Morgan fingerprint density at radius 1 is 0.875 bits per heavy atom. The molecule has 2 amide bonds. The van der Waals surface area contributed by atoms with Crippen LogP contribution in [0.5, 0.6) is 0 Å². The molecule has 2 aliphatic rings. The first-order chi connectivity index (χ1) is 11.7. The predicted octanol–water partition coefficient (Wildman–Crippen LogP) is 1.90. The standard InChI is InChI=1S/C18H11N3O3/c22-16-10-5-1-2-6-11(10)17(23)21(16)14-9-15-19-12-7-3-4-8-13(12)20(15)18(14)24/h1-8,14H,9H2/t14-/m0/s1. The molecule has 2 aliphatic heterocycles. The molecule has 6 heteroatoms. The Morgan fingerprint density at radius 2 is 1.50 bits per heavy atom. The number of imide groups is 1. The fourth-order valence-electron chi connectivity index (χ4n) is 3.56. The minimum absolute atomic E-state index is 0.249. The second-order valence-electron chi connectivity index (χ2n) is 5.94. The molecule has 0 fully saturated rings. The Balaban J connectivity index is 1.59. The number of hydrogen-bond acceptors (Lipinski definition) is 4. The number of fused-ring (bicyclic) bond motifs is 4. The van der Waals surface area contributed by atoms with Gasteiger partial charge in [-0.3, -0.25) is 23.9 Å². The van der Waals surface area contributed by atoms with Crippen LogP contribution in [0.25, 0.3) is 11.0 Å². The molecule has 0 aliphatic carbocycles. The van der Waals surface area contributed by atoms with Crippen molar-refractivity contribution in [2.45, 2.75) is 12.5 Å². The second-order valence-corrected chi connectivity index (χ2v) is 5.94. The molecule has 24 heavy (non-hydrogen) atoms. The average molecular weight is 317 g/mol. The lowest BCUT2D eigenvalue weighted by Crippen LogP contribution is -2.44. The van der Waals surface area contributed by atoms with Gasteiger partial charge in [0.05, 0.1) is 22.2 Å². The Kier molecular flexibility index (Phi) is 2.41. The molecule has 1 aromatic heterocycles. The summed E-state index contributed by atoms with van der Waals surface area (Å²) in [6.45, 7) is 0. The maximum Gasteiger partial charge on any atom is 0.262 e. The summed E-state index contributed by atoms with van der Waals surface area (Å²) in [5, 5.41) is 0. The van der Waals surface area contributed by atoms with Crippen molar-refractivity contribution in [2.75, 3.05) is 0 Å². The zero-order valence-corrected chi connectivity index (χ0v) is 12.5. The smallest absolute Gasteiger partial charge is 0.262 e. The highest BCUT2D eigenvalue weighted by Crippen LogP contribution is 2.31. The van der Waals surface area contributed by atoms with Crippen LogP contribution in [0.1, 0.15) is 31.3 Å². The maximum absolute atomic E-state index is 12.9. The van der Waals surface area contributed by atoms with Crippen molar-refractivity contribution in [3.8, 4) is 0 Å². The maximum atomic E-state index is 12.9. The van der Waals surface area contributed by atoms with Crippen LogP contribution in [0.4, 0.5) is 0 Å². The first kappa shape index (κ1) is 13.2. The lowest BCUT2D eigenvalue weighted by molar-refractivity contribution is 0.0535. The Morgan fingerprint density at radius 3 is 2.21 bits per heavy atom. The molecule has 0 unspecified atom stereocenters. The summed E-state index contributed by atoms with van der Waals surface area (Å²) in [5.41, 5.74) is 2.15. The monoisotopic (exact) mass is 317 g/mol. The summed E-state index contributed by atoms with van der Waals surface area (Å²) >= 11 is 0. The molecule has 3 heterocycles. The van der Waals surface area contributed by atoms with Gasteiger partial charge < -0.3 is 0 Å². The van der Waals surface area contributed by atoms with Crippen LogP contribution in [0.3, 0.4) is 0 Å². The molecular weight excluding hydrogens is 306 g/mol. The summed E-state index contributed by atoms with van der Waals surface area (Å²) in [6, 6.07) is 13.2. The number of amides is 2. The molecule has 3 aromatic rings. The summed E-state index contributed by atoms with van der Waals surface area (Å²) in [6.07, 6.45) is 0.249. The van der Waals surface area contributed by atoms with E-state index in [1.165, 1.54) is 4.57 Å². The van der Waals surface area contributed by atoms with E-state index in [0.717, 1.165) is 10.4 Å². The Hall–Kier alpha value is -3.28. The fourth-order valence-corrected chi connectivity index (χ4v) is 3.56. The molecule has 0 spiro atoms. The quantitative estimate of drug-likeness (QED) is 0.643. The number of imidazole rings is 1. The topological polar surface area (TPSA) is 72.3 Å². The number of carbonyl (C=O) groups is 3. The van der Waals surface area contributed by atoms with Crippen LogP contribution in [0, 0.1) is 0 Å². The van der Waals surface area contributed by atoms with Gasteiger partial charge in [-0.15, -0.1) is 0 Å². The van der Waals surface area contributed by atoms with Crippen molar-refractivity contribution in [2.24, 2.45) is 0 Å². The molecule has 2 aromatic carbocycles. The highest BCUT2D eigenvalue weighted by atomic mass is 16.2. The van der Waals surface area contributed by atoms with Crippen LogP contribution in [-0.2, 0) is 6.42 Å². The SMILES string of the molecule is O=C1c2ccccc2C(=O)N1[C@H]1Cc2nc3ccccc3n2C1=O. The van der Waals surface area contributed by atoms with E-state index in [9.17, 15) is 14.4 Å². The van der Waals surface area contributed by atoms with Gasteiger partial charge in [-0.05, 0) is 24.3 Å². The largest absolute Gasteiger partial charge is 0.272 e. The molecule has 0 N–H and O–H groups in total. The average Bonchev–Trinajstić information content (AvgIpc) is 3.19. The van der Waals surface area contributed by atoms with Gasteiger partial charge in [-0.25, -0.2) is 4.98 Å². The van der Waals surface area contributed by atoms with Crippen LogP contribution in [0.15, 0.2) is 48.5 Å². The summed E-state index contributed by atoms with van der Waals surface area (Å²) in [4.78, 5) is 43.6. The van der Waals surface area contributed by atoms with Crippen molar-refractivity contribution in [3.63, 3.8) is 0 Å². The third-order valence-corrected chi connectivity index (χ3v) is 4.65. The zero-order chi connectivity index (χ0) is 16.4. The highest BCUT2D eigenvalue weighted by molar-refractivity contribution is 6.23. The minimum Gasteiger partial charge on any atom is -0.272 e. The number of carbonyl (C=O) groups excluding carboxylic acids is 3. The first-order valence-corrected chi connectivity index (χ1v) is 7.64. The van der Waals surface area contributed by atoms with Gasteiger partial charge in [0.1, 0.15) is 11.9 Å². The molecule has 0 saturated heterocycles. The first-order valence-electron chi connectivity index (χ1n) is 7.64. The summed E-state index contributed by atoms with van der Waals surface area (Å²) in [7, 11) is 0. The molecule has 0 bridgehead atoms.